The predicted molar refractivity (Wildman–Crippen MR) is 65.1 cm³/mol. The Labute approximate surface area is 103 Å². The number of nitrogens with zero attached hydrogens (tertiary/aromatic N) is 2. The van der Waals surface area contributed by atoms with Crippen LogP contribution in [0.2, 0.25) is 0 Å². The maximum atomic E-state index is 12.1. The van der Waals surface area contributed by atoms with Crippen LogP contribution >= 0.6 is 0 Å². The van der Waals surface area contributed by atoms with Crippen molar-refractivity contribution in [3.8, 4) is 6.07 Å². The lowest BCUT2D eigenvalue weighted by atomic mass is 9.82. The van der Waals surface area contributed by atoms with E-state index < -0.39 is 5.54 Å². The van der Waals surface area contributed by atoms with Crippen LogP contribution in [0.15, 0.2) is 12.7 Å². The first-order valence-corrected chi connectivity index (χ1v) is 6.01. The van der Waals surface area contributed by atoms with Gasteiger partial charge in [-0.1, -0.05) is 6.08 Å². The first kappa shape index (κ1) is 13.7. The van der Waals surface area contributed by atoms with Crippen molar-refractivity contribution in [2.24, 2.45) is 5.92 Å². The van der Waals surface area contributed by atoms with Crippen LogP contribution in [0.4, 0.5) is 0 Å². The molecular formula is C13H20N2O2. The Morgan fingerprint density at radius 3 is 3.00 bits per heavy atom. The second-order valence-electron chi connectivity index (χ2n) is 4.55. The largest absolute Gasteiger partial charge is 0.465 e. The fraction of sp³-hybridized carbons (Fsp3) is 0.692. The highest BCUT2D eigenvalue weighted by Crippen LogP contribution is 2.32. The highest BCUT2D eigenvalue weighted by Gasteiger charge is 2.45. The summed E-state index contributed by atoms with van der Waals surface area (Å²) in [5, 5.41) is 9.01. The van der Waals surface area contributed by atoms with Crippen LogP contribution in [0.25, 0.3) is 0 Å². The lowest BCUT2D eigenvalue weighted by Crippen LogP contribution is -2.57. The van der Waals surface area contributed by atoms with Gasteiger partial charge in [-0.15, -0.1) is 6.58 Å². The molecule has 2 atom stereocenters. The standard InChI is InChI=1S/C13H20N2O2/c1-4-7-15-8-6-11(10-14)9-13(15,3)12(16)17-5-2/h4,11H,1,5-9H2,2-3H3/t11-,13-/m0/s1. The predicted octanol–water partition coefficient (Wildman–Crippen LogP) is 1.73. The van der Waals surface area contributed by atoms with Gasteiger partial charge in [0.2, 0.25) is 0 Å². The molecule has 1 aliphatic rings. The van der Waals surface area contributed by atoms with E-state index in [0.29, 0.717) is 19.6 Å². The van der Waals surface area contributed by atoms with Crippen LogP contribution < -0.4 is 0 Å². The van der Waals surface area contributed by atoms with Gasteiger partial charge < -0.3 is 4.74 Å². The number of carbonyl (C=O) groups excluding carboxylic acids is 1. The van der Waals surface area contributed by atoms with Gasteiger partial charge in [-0.05, 0) is 26.7 Å². The molecule has 0 aromatic carbocycles. The average Bonchev–Trinajstić information content (AvgIpc) is 2.32. The van der Waals surface area contributed by atoms with E-state index in [1.807, 2.05) is 11.8 Å². The third-order valence-corrected chi connectivity index (χ3v) is 3.34. The second kappa shape index (κ2) is 5.83. The zero-order valence-electron chi connectivity index (χ0n) is 10.6. The number of piperidine rings is 1. The zero-order valence-corrected chi connectivity index (χ0v) is 10.6. The molecule has 1 heterocycles. The third kappa shape index (κ3) is 2.86. The molecule has 0 aromatic rings. The monoisotopic (exact) mass is 236 g/mol. The molecule has 0 N–H and O–H groups in total. The van der Waals surface area contributed by atoms with Crippen molar-refractivity contribution in [2.75, 3.05) is 19.7 Å². The second-order valence-corrected chi connectivity index (χ2v) is 4.55. The van der Waals surface area contributed by atoms with Crippen molar-refractivity contribution < 1.29 is 9.53 Å². The van der Waals surface area contributed by atoms with Gasteiger partial charge >= 0.3 is 5.97 Å². The van der Waals surface area contributed by atoms with Crippen LogP contribution in [0.1, 0.15) is 26.7 Å². The third-order valence-electron chi connectivity index (χ3n) is 3.34. The molecule has 17 heavy (non-hydrogen) atoms. The smallest absolute Gasteiger partial charge is 0.326 e. The van der Waals surface area contributed by atoms with Crippen LogP contribution in [-0.4, -0.2) is 36.1 Å². The van der Waals surface area contributed by atoms with Gasteiger partial charge in [0.15, 0.2) is 0 Å². The Morgan fingerprint density at radius 2 is 2.47 bits per heavy atom. The fourth-order valence-corrected chi connectivity index (χ4v) is 2.33. The van der Waals surface area contributed by atoms with E-state index in [1.165, 1.54) is 0 Å². The summed E-state index contributed by atoms with van der Waals surface area (Å²) in [5.41, 5.74) is -0.692. The number of esters is 1. The maximum Gasteiger partial charge on any atom is 0.326 e. The molecule has 0 aliphatic carbocycles. The minimum Gasteiger partial charge on any atom is -0.465 e. The first-order valence-electron chi connectivity index (χ1n) is 6.01. The normalized spacial score (nSPS) is 29.4. The fourth-order valence-electron chi connectivity index (χ4n) is 2.33. The summed E-state index contributed by atoms with van der Waals surface area (Å²) in [6, 6.07) is 2.26. The summed E-state index contributed by atoms with van der Waals surface area (Å²) in [4.78, 5) is 14.1. The molecule has 0 aromatic heterocycles. The Kier molecular flexibility index (Phi) is 4.71. The summed E-state index contributed by atoms with van der Waals surface area (Å²) in [5.74, 6) is -0.299. The van der Waals surface area contributed by atoms with Gasteiger partial charge in [-0.2, -0.15) is 5.26 Å². The summed E-state index contributed by atoms with van der Waals surface area (Å²) in [6.45, 7) is 9.11. The number of hydrogen-bond donors (Lipinski definition) is 0. The van der Waals surface area contributed by atoms with Crippen molar-refractivity contribution in [1.29, 1.82) is 5.26 Å². The molecule has 0 spiro atoms. The minimum absolute atomic E-state index is 0.0644. The number of carbonyl (C=O) groups is 1. The van der Waals surface area contributed by atoms with E-state index in [0.717, 1.165) is 13.0 Å². The number of rotatable bonds is 4. The van der Waals surface area contributed by atoms with E-state index in [-0.39, 0.29) is 11.9 Å². The van der Waals surface area contributed by atoms with Gasteiger partial charge in [0.05, 0.1) is 12.7 Å². The van der Waals surface area contributed by atoms with Crippen molar-refractivity contribution in [3.05, 3.63) is 12.7 Å². The Balaban J connectivity index is 2.88. The topological polar surface area (TPSA) is 53.3 Å². The van der Waals surface area contributed by atoms with Crippen LogP contribution in [0.3, 0.4) is 0 Å². The van der Waals surface area contributed by atoms with E-state index in [1.54, 1.807) is 13.0 Å². The molecule has 1 rings (SSSR count). The van der Waals surface area contributed by atoms with Crippen LogP contribution in [-0.2, 0) is 9.53 Å². The van der Waals surface area contributed by atoms with Crippen LogP contribution in [0.5, 0.6) is 0 Å². The molecule has 0 amide bonds. The lowest BCUT2D eigenvalue weighted by Gasteiger charge is -2.43. The molecule has 1 saturated heterocycles. The molecule has 4 heteroatoms. The Bertz CT molecular complexity index is 335. The number of ether oxygens (including phenoxy) is 1. The summed E-state index contributed by atoms with van der Waals surface area (Å²) in [7, 11) is 0. The van der Waals surface area contributed by atoms with E-state index in [4.69, 9.17) is 10.00 Å². The molecule has 94 valence electrons. The van der Waals surface area contributed by atoms with E-state index >= 15 is 0 Å². The molecule has 1 aliphatic heterocycles. The van der Waals surface area contributed by atoms with Gasteiger partial charge in [0.1, 0.15) is 5.54 Å². The Morgan fingerprint density at radius 1 is 1.76 bits per heavy atom. The molecule has 0 radical (unpaired) electrons. The SMILES string of the molecule is C=CCN1CC[C@H](C#N)C[C@@]1(C)C(=O)OCC. The summed E-state index contributed by atoms with van der Waals surface area (Å²) < 4.78 is 5.13. The van der Waals surface area contributed by atoms with Gasteiger partial charge in [-0.25, -0.2) is 0 Å². The zero-order chi connectivity index (χ0) is 12.9. The van der Waals surface area contributed by atoms with E-state index in [2.05, 4.69) is 12.6 Å². The minimum atomic E-state index is -0.692. The number of hydrogen-bond acceptors (Lipinski definition) is 4. The first-order chi connectivity index (χ1) is 8.08. The van der Waals surface area contributed by atoms with E-state index in [9.17, 15) is 4.79 Å². The summed E-state index contributed by atoms with van der Waals surface area (Å²) in [6.07, 6.45) is 3.12. The average molecular weight is 236 g/mol. The number of likely N-dealkylation sites (tertiary alicyclic amines) is 1. The Hall–Kier alpha value is -1.34. The van der Waals surface area contributed by atoms with Crippen molar-refractivity contribution in [3.63, 3.8) is 0 Å². The van der Waals surface area contributed by atoms with Gasteiger partial charge in [0.25, 0.3) is 0 Å². The van der Waals surface area contributed by atoms with Gasteiger partial charge in [0, 0.05) is 19.0 Å². The quantitative estimate of drug-likeness (QED) is 0.551. The lowest BCUT2D eigenvalue weighted by molar-refractivity contribution is -0.159. The number of nitriles is 1. The molecular weight excluding hydrogens is 216 g/mol. The van der Waals surface area contributed by atoms with Crippen LogP contribution in [0, 0.1) is 17.2 Å². The van der Waals surface area contributed by atoms with Crippen molar-refractivity contribution in [2.45, 2.75) is 32.2 Å². The highest BCUT2D eigenvalue weighted by molar-refractivity contribution is 5.80. The molecule has 0 saturated carbocycles. The van der Waals surface area contributed by atoms with Crippen molar-refractivity contribution >= 4 is 5.97 Å². The molecule has 1 fully saturated rings. The molecule has 4 nitrogen and oxygen atoms in total. The van der Waals surface area contributed by atoms with Crippen molar-refractivity contribution in [1.82, 2.24) is 4.90 Å². The maximum absolute atomic E-state index is 12.1. The summed E-state index contributed by atoms with van der Waals surface area (Å²) >= 11 is 0. The molecule has 0 unspecified atom stereocenters. The molecule has 0 bridgehead atoms. The highest BCUT2D eigenvalue weighted by atomic mass is 16.5. The van der Waals surface area contributed by atoms with Gasteiger partial charge in [-0.3, -0.25) is 9.69 Å².